The molecule has 3 nitrogen and oxygen atoms in total. The van der Waals surface area contributed by atoms with Crippen LogP contribution in [0, 0.1) is 17.8 Å². The molecule has 0 unspecified atom stereocenters. The van der Waals surface area contributed by atoms with Gasteiger partial charge in [-0.25, -0.2) is 0 Å². The van der Waals surface area contributed by atoms with Gasteiger partial charge in [0.2, 0.25) is 5.91 Å². The average molecular weight is 267 g/mol. The molecule has 0 bridgehead atoms. The van der Waals surface area contributed by atoms with Crippen LogP contribution in [0.2, 0.25) is 0 Å². The average Bonchev–Trinajstić information content (AvgIpc) is 2.48. The van der Waals surface area contributed by atoms with E-state index in [1.165, 1.54) is 32.1 Å². The van der Waals surface area contributed by atoms with Crippen molar-refractivity contribution < 1.29 is 9.90 Å². The Morgan fingerprint density at radius 1 is 0.947 bits per heavy atom. The fraction of sp³-hybridized carbons (Fsp3) is 0.938. The standard InChI is InChI=1S/C16H29NO2/c18-12-14-6-8-15(9-7-14)16(19)17-11-10-13-4-2-1-3-5-13/h13-15,18H,1-12H2,(H,17,19). The molecule has 2 aliphatic carbocycles. The van der Waals surface area contributed by atoms with E-state index in [1.54, 1.807) is 0 Å². The maximum absolute atomic E-state index is 12.1. The monoisotopic (exact) mass is 267 g/mol. The quantitative estimate of drug-likeness (QED) is 0.804. The van der Waals surface area contributed by atoms with E-state index in [0.717, 1.165) is 44.6 Å². The van der Waals surface area contributed by atoms with E-state index in [9.17, 15) is 4.79 Å². The molecule has 2 fully saturated rings. The molecule has 1 amide bonds. The lowest BCUT2D eigenvalue weighted by molar-refractivity contribution is -0.126. The van der Waals surface area contributed by atoms with E-state index >= 15 is 0 Å². The predicted molar refractivity (Wildman–Crippen MR) is 76.7 cm³/mol. The number of carbonyl (C=O) groups excluding carboxylic acids is 1. The number of amides is 1. The summed E-state index contributed by atoms with van der Waals surface area (Å²) < 4.78 is 0. The maximum atomic E-state index is 12.1. The zero-order valence-corrected chi connectivity index (χ0v) is 12.1. The van der Waals surface area contributed by atoms with Gasteiger partial charge in [0.05, 0.1) is 0 Å². The van der Waals surface area contributed by atoms with Crippen molar-refractivity contribution >= 4 is 5.91 Å². The first-order chi connectivity index (χ1) is 9.29. The fourth-order valence-electron chi connectivity index (χ4n) is 3.63. The van der Waals surface area contributed by atoms with Gasteiger partial charge >= 0.3 is 0 Å². The smallest absolute Gasteiger partial charge is 0.223 e. The Hall–Kier alpha value is -0.570. The molecule has 0 heterocycles. The Morgan fingerprint density at radius 3 is 2.26 bits per heavy atom. The highest BCUT2D eigenvalue weighted by Gasteiger charge is 2.25. The van der Waals surface area contributed by atoms with Gasteiger partial charge in [-0.15, -0.1) is 0 Å². The molecule has 2 saturated carbocycles. The van der Waals surface area contributed by atoms with Crippen LogP contribution >= 0.6 is 0 Å². The number of hydrogen-bond donors (Lipinski definition) is 2. The molecule has 0 aromatic carbocycles. The minimum atomic E-state index is 0.203. The zero-order valence-electron chi connectivity index (χ0n) is 12.1. The first-order valence-corrected chi connectivity index (χ1v) is 8.18. The zero-order chi connectivity index (χ0) is 13.5. The first-order valence-electron chi connectivity index (χ1n) is 8.18. The summed E-state index contributed by atoms with van der Waals surface area (Å²) in [5, 5.41) is 12.2. The molecule has 3 heteroatoms. The van der Waals surface area contributed by atoms with Crippen LogP contribution in [0.1, 0.15) is 64.2 Å². The van der Waals surface area contributed by atoms with Gasteiger partial charge in [0.1, 0.15) is 0 Å². The number of rotatable bonds is 5. The molecule has 0 aromatic heterocycles. The molecule has 110 valence electrons. The van der Waals surface area contributed by atoms with Gasteiger partial charge in [0, 0.05) is 19.1 Å². The van der Waals surface area contributed by atoms with Crippen molar-refractivity contribution in [3.8, 4) is 0 Å². The minimum Gasteiger partial charge on any atom is -0.396 e. The van der Waals surface area contributed by atoms with Crippen molar-refractivity contribution in [1.82, 2.24) is 5.32 Å². The molecular weight excluding hydrogens is 238 g/mol. The second-order valence-corrected chi connectivity index (χ2v) is 6.48. The number of aliphatic hydroxyl groups is 1. The van der Waals surface area contributed by atoms with Crippen LogP contribution in [-0.2, 0) is 4.79 Å². The molecule has 0 spiro atoms. The number of aliphatic hydroxyl groups excluding tert-OH is 1. The summed E-state index contributed by atoms with van der Waals surface area (Å²) in [6.45, 7) is 1.15. The van der Waals surface area contributed by atoms with Crippen molar-refractivity contribution in [3.63, 3.8) is 0 Å². The summed E-state index contributed by atoms with van der Waals surface area (Å²) in [6, 6.07) is 0. The highest BCUT2D eigenvalue weighted by Crippen LogP contribution is 2.29. The Balaban J connectivity index is 1.59. The largest absolute Gasteiger partial charge is 0.396 e. The third-order valence-corrected chi connectivity index (χ3v) is 5.05. The molecule has 2 aliphatic rings. The Bertz CT molecular complexity index is 266. The minimum absolute atomic E-state index is 0.203. The molecule has 0 radical (unpaired) electrons. The van der Waals surface area contributed by atoms with Crippen molar-refractivity contribution in [2.75, 3.05) is 13.2 Å². The third kappa shape index (κ3) is 4.79. The van der Waals surface area contributed by atoms with E-state index in [4.69, 9.17) is 5.11 Å². The second-order valence-electron chi connectivity index (χ2n) is 6.48. The SMILES string of the molecule is O=C(NCCC1CCCCC1)C1CCC(CO)CC1. The first kappa shape index (κ1) is 14.8. The van der Waals surface area contributed by atoms with Crippen LogP contribution in [0.25, 0.3) is 0 Å². The summed E-state index contributed by atoms with van der Waals surface area (Å²) in [5.41, 5.74) is 0. The topological polar surface area (TPSA) is 49.3 Å². The molecule has 19 heavy (non-hydrogen) atoms. The summed E-state index contributed by atoms with van der Waals surface area (Å²) in [5.74, 6) is 1.74. The van der Waals surface area contributed by atoms with E-state index in [1.807, 2.05) is 0 Å². The Morgan fingerprint density at radius 2 is 1.63 bits per heavy atom. The normalized spacial score (nSPS) is 29.1. The van der Waals surface area contributed by atoms with Gasteiger partial charge in [0.15, 0.2) is 0 Å². The van der Waals surface area contributed by atoms with Crippen LogP contribution in [0.4, 0.5) is 0 Å². The van der Waals surface area contributed by atoms with E-state index in [2.05, 4.69) is 5.32 Å². The van der Waals surface area contributed by atoms with E-state index in [-0.39, 0.29) is 18.4 Å². The Labute approximate surface area is 117 Å². The van der Waals surface area contributed by atoms with Crippen LogP contribution in [-0.4, -0.2) is 24.2 Å². The van der Waals surface area contributed by atoms with Crippen LogP contribution in [0.3, 0.4) is 0 Å². The summed E-state index contributed by atoms with van der Waals surface area (Å²) in [6.07, 6.45) is 12.0. The summed E-state index contributed by atoms with van der Waals surface area (Å²) in [4.78, 5) is 12.1. The van der Waals surface area contributed by atoms with Crippen LogP contribution < -0.4 is 5.32 Å². The Kier molecular flexibility index (Phi) is 6.15. The summed E-state index contributed by atoms with van der Waals surface area (Å²) >= 11 is 0. The molecule has 0 aromatic rings. The van der Waals surface area contributed by atoms with Crippen molar-refractivity contribution in [3.05, 3.63) is 0 Å². The second kappa shape index (κ2) is 7.88. The number of carbonyl (C=O) groups is 1. The van der Waals surface area contributed by atoms with Gasteiger partial charge in [-0.2, -0.15) is 0 Å². The maximum Gasteiger partial charge on any atom is 0.223 e. The molecule has 2 rings (SSSR count). The van der Waals surface area contributed by atoms with Gasteiger partial charge in [-0.3, -0.25) is 4.79 Å². The molecule has 0 atom stereocenters. The third-order valence-electron chi connectivity index (χ3n) is 5.05. The predicted octanol–water partition coefficient (Wildman–Crippen LogP) is 2.87. The lowest BCUT2D eigenvalue weighted by Crippen LogP contribution is -2.34. The molecular formula is C16H29NO2. The summed E-state index contributed by atoms with van der Waals surface area (Å²) in [7, 11) is 0. The number of nitrogens with one attached hydrogen (secondary N) is 1. The highest BCUT2D eigenvalue weighted by atomic mass is 16.3. The van der Waals surface area contributed by atoms with Gasteiger partial charge in [-0.05, 0) is 43.9 Å². The van der Waals surface area contributed by atoms with Crippen molar-refractivity contribution in [1.29, 1.82) is 0 Å². The fourth-order valence-corrected chi connectivity index (χ4v) is 3.63. The van der Waals surface area contributed by atoms with Crippen LogP contribution in [0.15, 0.2) is 0 Å². The number of hydrogen-bond acceptors (Lipinski definition) is 2. The van der Waals surface area contributed by atoms with E-state index < -0.39 is 0 Å². The van der Waals surface area contributed by atoms with Crippen LogP contribution in [0.5, 0.6) is 0 Å². The van der Waals surface area contributed by atoms with Gasteiger partial charge in [-0.1, -0.05) is 32.1 Å². The van der Waals surface area contributed by atoms with Crippen molar-refractivity contribution in [2.45, 2.75) is 64.2 Å². The van der Waals surface area contributed by atoms with Crippen molar-refractivity contribution in [2.24, 2.45) is 17.8 Å². The van der Waals surface area contributed by atoms with Gasteiger partial charge in [0.25, 0.3) is 0 Å². The molecule has 2 N–H and O–H groups in total. The lowest BCUT2D eigenvalue weighted by Gasteiger charge is -2.27. The lowest BCUT2D eigenvalue weighted by atomic mass is 9.82. The van der Waals surface area contributed by atoms with E-state index in [0.29, 0.717) is 5.92 Å². The molecule has 0 aliphatic heterocycles. The highest BCUT2D eigenvalue weighted by molar-refractivity contribution is 5.78. The molecule has 0 saturated heterocycles. The van der Waals surface area contributed by atoms with Gasteiger partial charge < -0.3 is 10.4 Å².